The number of nitro groups is 1. The largest absolute Gasteiger partial charge is 0.394 e. The standard InChI is InChI=1S/C17H18N6O6/c24-6-11-13(25)14(26)17(29-11)22-8-21-12-15(19-7-20-16(12)22)18-5-9-3-1-2-4-10(9)23(27)28/h1-4,7-8,11,13-14,17,24-26H,5-6H2,(H,18,19,20)/t11-,13-,14-,17?/m1/s1. The minimum Gasteiger partial charge on any atom is -0.394 e. The molecule has 12 heteroatoms. The van der Waals surface area contributed by atoms with Crippen LogP contribution < -0.4 is 5.32 Å². The third-order valence-electron chi connectivity index (χ3n) is 4.78. The van der Waals surface area contributed by atoms with Gasteiger partial charge in [0.25, 0.3) is 5.69 Å². The van der Waals surface area contributed by atoms with E-state index in [0.717, 1.165) is 0 Å². The molecule has 12 nitrogen and oxygen atoms in total. The number of aliphatic hydroxyl groups excluding tert-OH is 3. The highest BCUT2D eigenvalue weighted by Crippen LogP contribution is 2.32. The van der Waals surface area contributed by atoms with Gasteiger partial charge >= 0.3 is 0 Å². The fourth-order valence-corrected chi connectivity index (χ4v) is 3.29. The summed E-state index contributed by atoms with van der Waals surface area (Å²) in [6.07, 6.45) is -1.77. The van der Waals surface area contributed by atoms with Gasteiger partial charge in [-0.15, -0.1) is 0 Å². The number of benzene rings is 1. The van der Waals surface area contributed by atoms with Crippen molar-refractivity contribution >= 4 is 22.7 Å². The van der Waals surface area contributed by atoms with Crippen LogP contribution in [-0.2, 0) is 11.3 Å². The average Bonchev–Trinajstić information content (AvgIpc) is 3.28. The van der Waals surface area contributed by atoms with E-state index in [0.29, 0.717) is 22.5 Å². The third-order valence-corrected chi connectivity index (χ3v) is 4.78. The van der Waals surface area contributed by atoms with Crippen LogP contribution in [0.1, 0.15) is 11.8 Å². The highest BCUT2D eigenvalue weighted by molar-refractivity contribution is 5.82. The Kier molecular flexibility index (Phi) is 5.07. The summed E-state index contributed by atoms with van der Waals surface area (Å²) in [6, 6.07) is 6.35. The van der Waals surface area contributed by atoms with Gasteiger partial charge in [0, 0.05) is 18.2 Å². The average molecular weight is 402 g/mol. The maximum Gasteiger partial charge on any atom is 0.274 e. The van der Waals surface area contributed by atoms with Crippen LogP contribution in [0.4, 0.5) is 11.5 Å². The first-order valence-corrected chi connectivity index (χ1v) is 8.77. The molecule has 0 aliphatic carbocycles. The lowest BCUT2D eigenvalue weighted by molar-refractivity contribution is -0.385. The van der Waals surface area contributed by atoms with Crippen LogP contribution in [0.25, 0.3) is 11.2 Å². The first-order valence-electron chi connectivity index (χ1n) is 8.77. The van der Waals surface area contributed by atoms with Crippen molar-refractivity contribution in [2.45, 2.75) is 31.1 Å². The molecule has 0 spiro atoms. The van der Waals surface area contributed by atoms with Crippen LogP contribution in [0.2, 0.25) is 0 Å². The van der Waals surface area contributed by atoms with E-state index in [4.69, 9.17) is 4.74 Å². The minimum atomic E-state index is -1.28. The fraction of sp³-hybridized carbons (Fsp3) is 0.353. The van der Waals surface area contributed by atoms with Gasteiger partial charge in [0.05, 0.1) is 17.9 Å². The molecule has 2 aromatic heterocycles. The van der Waals surface area contributed by atoms with Crippen molar-refractivity contribution in [2.75, 3.05) is 11.9 Å². The highest BCUT2D eigenvalue weighted by Gasteiger charge is 2.44. The van der Waals surface area contributed by atoms with Gasteiger partial charge in [0.2, 0.25) is 0 Å². The lowest BCUT2D eigenvalue weighted by Crippen LogP contribution is -2.33. The van der Waals surface area contributed by atoms with E-state index >= 15 is 0 Å². The number of ether oxygens (including phenoxy) is 1. The Balaban J connectivity index is 1.61. The van der Waals surface area contributed by atoms with Gasteiger partial charge in [-0.05, 0) is 0 Å². The number of fused-ring (bicyclic) bond motifs is 1. The molecule has 1 unspecified atom stereocenters. The molecule has 1 aliphatic heterocycles. The molecule has 1 fully saturated rings. The first-order chi connectivity index (χ1) is 14.0. The summed E-state index contributed by atoms with van der Waals surface area (Å²) < 4.78 is 6.96. The van der Waals surface area contributed by atoms with E-state index < -0.39 is 36.1 Å². The summed E-state index contributed by atoms with van der Waals surface area (Å²) in [7, 11) is 0. The van der Waals surface area contributed by atoms with Gasteiger partial charge in [0.1, 0.15) is 24.6 Å². The highest BCUT2D eigenvalue weighted by atomic mass is 16.6. The first kappa shape index (κ1) is 19.1. The Bertz CT molecular complexity index is 1040. The second-order valence-corrected chi connectivity index (χ2v) is 6.51. The second-order valence-electron chi connectivity index (χ2n) is 6.51. The van der Waals surface area contributed by atoms with Crippen LogP contribution in [0.15, 0.2) is 36.9 Å². The molecule has 1 aliphatic rings. The van der Waals surface area contributed by atoms with Gasteiger partial charge in [-0.2, -0.15) is 0 Å². The number of anilines is 1. The summed E-state index contributed by atoms with van der Waals surface area (Å²) >= 11 is 0. The zero-order chi connectivity index (χ0) is 20.5. The summed E-state index contributed by atoms with van der Waals surface area (Å²) in [5.74, 6) is 0.346. The van der Waals surface area contributed by atoms with Gasteiger partial charge < -0.3 is 25.4 Å². The molecule has 152 valence electrons. The number of nitro benzene ring substituents is 1. The Morgan fingerprint density at radius 3 is 2.72 bits per heavy atom. The van der Waals surface area contributed by atoms with Crippen LogP contribution in [0.3, 0.4) is 0 Å². The van der Waals surface area contributed by atoms with E-state index in [1.807, 2.05) is 0 Å². The van der Waals surface area contributed by atoms with Gasteiger partial charge in [-0.25, -0.2) is 15.0 Å². The van der Waals surface area contributed by atoms with Gasteiger partial charge in [-0.1, -0.05) is 18.2 Å². The number of hydrogen-bond donors (Lipinski definition) is 4. The molecule has 0 saturated carbocycles. The SMILES string of the molecule is O=[N+]([O-])c1ccccc1CNc1ncnc2c1ncn2C1O[C@H](CO)[C@@H](O)[C@H]1O. The van der Waals surface area contributed by atoms with Crippen molar-refractivity contribution in [3.63, 3.8) is 0 Å². The molecule has 0 bridgehead atoms. The Hall–Kier alpha value is -3.19. The summed E-state index contributed by atoms with van der Waals surface area (Å²) in [5, 5.41) is 43.6. The second kappa shape index (κ2) is 7.67. The van der Waals surface area contributed by atoms with Crippen molar-refractivity contribution in [1.29, 1.82) is 0 Å². The fourth-order valence-electron chi connectivity index (χ4n) is 3.29. The number of aromatic nitrogens is 4. The quantitative estimate of drug-likeness (QED) is 0.324. The van der Waals surface area contributed by atoms with Crippen LogP contribution >= 0.6 is 0 Å². The molecule has 4 rings (SSSR count). The zero-order valence-electron chi connectivity index (χ0n) is 15.0. The number of hydrogen-bond acceptors (Lipinski definition) is 10. The third kappa shape index (κ3) is 3.38. The summed E-state index contributed by atoms with van der Waals surface area (Å²) in [4.78, 5) is 23.3. The van der Waals surface area contributed by atoms with E-state index in [1.165, 1.54) is 23.3 Å². The number of rotatable bonds is 6. The molecule has 0 amide bonds. The Labute approximate surface area is 163 Å². The molecule has 1 saturated heterocycles. The van der Waals surface area contributed by atoms with Crippen molar-refractivity contribution < 1.29 is 25.0 Å². The Morgan fingerprint density at radius 1 is 1.21 bits per heavy atom. The predicted octanol–water partition coefficient (Wildman–Crippen LogP) is -0.0419. The van der Waals surface area contributed by atoms with Crippen molar-refractivity contribution in [3.05, 3.63) is 52.6 Å². The Morgan fingerprint density at radius 2 is 2.00 bits per heavy atom. The molecule has 3 aromatic rings. The summed E-state index contributed by atoms with van der Waals surface area (Å²) in [6.45, 7) is -0.303. The zero-order valence-corrected chi connectivity index (χ0v) is 15.0. The summed E-state index contributed by atoms with van der Waals surface area (Å²) in [5.41, 5.74) is 1.17. The lowest BCUT2D eigenvalue weighted by Gasteiger charge is -2.16. The van der Waals surface area contributed by atoms with Crippen molar-refractivity contribution in [1.82, 2.24) is 19.5 Å². The molecule has 4 atom stereocenters. The van der Waals surface area contributed by atoms with Gasteiger partial charge in [-0.3, -0.25) is 14.7 Å². The van der Waals surface area contributed by atoms with Crippen LogP contribution in [0.5, 0.6) is 0 Å². The molecule has 4 N–H and O–H groups in total. The minimum absolute atomic E-state index is 0.0117. The lowest BCUT2D eigenvalue weighted by atomic mass is 10.1. The van der Waals surface area contributed by atoms with E-state index in [1.54, 1.807) is 18.2 Å². The number of imidazole rings is 1. The monoisotopic (exact) mass is 402 g/mol. The molecule has 29 heavy (non-hydrogen) atoms. The van der Waals surface area contributed by atoms with E-state index in [9.17, 15) is 25.4 Å². The van der Waals surface area contributed by atoms with Crippen LogP contribution in [-0.4, -0.2) is 64.7 Å². The van der Waals surface area contributed by atoms with E-state index in [-0.39, 0.29) is 12.2 Å². The van der Waals surface area contributed by atoms with E-state index in [2.05, 4.69) is 20.3 Å². The van der Waals surface area contributed by atoms with Gasteiger partial charge in [0.15, 0.2) is 23.2 Å². The topological polar surface area (TPSA) is 169 Å². The number of nitrogens with zero attached hydrogens (tertiary/aromatic N) is 5. The normalized spacial score (nSPS) is 24.1. The predicted molar refractivity (Wildman–Crippen MR) is 98.8 cm³/mol. The van der Waals surface area contributed by atoms with Crippen LogP contribution in [0, 0.1) is 10.1 Å². The molecule has 3 heterocycles. The maximum absolute atomic E-state index is 11.2. The molecular weight excluding hydrogens is 384 g/mol. The van der Waals surface area contributed by atoms with Crippen molar-refractivity contribution in [2.24, 2.45) is 0 Å². The molecule has 0 radical (unpaired) electrons. The smallest absolute Gasteiger partial charge is 0.274 e. The number of nitrogens with one attached hydrogen (secondary N) is 1. The molecular formula is C17H18N6O6. The van der Waals surface area contributed by atoms with Crippen molar-refractivity contribution in [3.8, 4) is 0 Å². The maximum atomic E-state index is 11.2. The molecule has 1 aromatic carbocycles. The number of aliphatic hydroxyl groups is 3. The number of para-hydroxylation sites is 1.